The molecule has 1 aromatic heterocycles. The van der Waals surface area contributed by atoms with Crippen molar-refractivity contribution in [3.05, 3.63) is 59.5 Å². The third-order valence-electron chi connectivity index (χ3n) is 6.18. The third kappa shape index (κ3) is 4.28. The molecule has 0 radical (unpaired) electrons. The number of anilines is 1. The van der Waals surface area contributed by atoms with Gasteiger partial charge in [0.05, 0.1) is 5.60 Å². The zero-order valence-corrected chi connectivity index (χ0v) is 16.6. The zero-order chi connectivity index (χ0) is 21.4. The summed E-state index contributed by atoms with van der Waals surface area (Å²) < 4.78 is 41.3. The second-order valence-corrected chi connectivity index (χ2v) is 8.15. The fourth-order valence-electron chi connectivity index (χ4n) is 4.11. The fraction of sp³-hybridized carbons (Fsp3) is 0.455. The molecule has 8 heteroatoms. The second-order valence-electron chi connectivity index (χ2n) is 8.15. The minimum absolute atomic E-state index is 0.0391. The quantitative estimate of drug-likeness (QED) is 0.575. The molecular formula is C22H25F3N4O. The molecular weight excluding hydrogens is 393 g/mol. The molecule has 1 atom stereocenters. The van der Waals surface area contributed by atoms with Crippen LogP contribution in [0.4, 0.5) is 18.9 Å². The van der Waals surface area contributed by atoms with E-state index in [-0.39, 0.29) is 12.2 Å². The molecule has 1 aliphatic carbocycles. The van der Waals surface area contributed by atoms with Crippen LogP contribution in [0, 0.1) is 11.7 Å². The minimum atomic E-state index is -2.52. The number of pyridine rings is 1. The van der Waals surface area contributed by atoms with Crippen LogP contribution in [0.25, 0.3) is 0 Å². The van der Waals surface area contributed by atoms with E-state index in [1.807, 2.05) is 22.9 Å². The van der Waals surface area contributed by atoms with E-state index in [0.717, 1.165) is 11.3 Å². The number of aryl methyl sites for hydroxylation is 1. The summed E-state index contributed by atoms with van der Waals surface area (Å²) in [5.74, 6) is -3.40. The Labute approximate surface area is 173 Å². The largest absolute Gasteiger partial charge is 0.385 e. The van der Waals surface area contributed by atoms with E-state index >= 15 is 0 Å². The fourth-order valence-corrected chi connectivity index (χ4v) is 4.11. The average molecular weight is 418 g/mol. The van der Waals surface area contributed by atoms with Gasteiger partial charge in [0.2, 0.25) is 0 Å². The maximum atomic E-state index is 13.2. The van der Waals surface area contributed by atoms with Crippen molar-refractivity contribution in [1.82, 2.24) is 4.57 Å². The van der Waals surface area contributed by atoms with E-state index in [2.05, 4.69) is 21.8 Å². The molecule has 0 amide bonds. The van der Waals surface area contributed by atoms with Crippen LogP contribution in [0.3, 0.4) is 0 Å². The Balaban J connectivity index is 1.45. The van der Waals surface area contributed by atoms with E-state index in [0.29, 0.717) is 44.4 Å². The first-order valence-electron chi connectivity index (χ1n) is 10.1. The molecule has 2 aromatic rings. The van der Waals surface area contributed by atoms with Gasteiger partial charge >= 0.3 is 0 Å². The SMILES string of the molecule is C=N/N=c1/cc(N2CCC(O)(c3ccc(F)cc3)CC2)ccn1CCC1CC1(F)F. The normalized spacial score (nSPS) is 22.7. The number of hydrogen-bond donors (Lipinski definition) is 1. The Bertz CT molecular complexity index is 979. The van der Waals surface area contributed by atoms with Gasteiger partial charge < -0.3 is 14.6 Å². The van der Waals surface area contributed by atoms with E-state index < -0.39 is 17.4 Å². The summed E-state index contributed by atoms with van der Waals surface area (Å²) >= 11 is 0. The maximum Gasteiger partial charge on any atom is 0.251 e. The van der Waals surface area contributed by atoms with Gasteiger partial charge in [-0.25, -0.2) is 13.2 Å². The molecule has 2 aliphatic rings. The Hall–Kier alpha value is -2.61. The highest BCUT2D eigenvalue weighted by Crippen LogP contribution is 2.50. The number of halogens is 3. The standard InChI is InChI=1S/C22H25F3N4O/c1-26-27-20-14-19(7-11-29(20)10-6-17-15-22(17,24)25)28-12-8-21(30,9-13-28)16-2-4-18(23)5-3-16/h2-5,7,11,14,17,30H,1,6,8-10,12-13,15H2/b27-20-. The van der Waals surface area contributed by atoms with Crippen LogP contribution in [0.1, 0.15) is 31.2 Å². The van der Waals surface area contributed by atoms with Crippen LogP contribution in [-0.2, 0) is 12.1 Å². The van der Waals surface area contributed by atoms with Gasteiger partial charge in [0, 0.05) is 56.6 Å². The highest BCUT2D eigenvalue weighted by Gasteiger charge is 2.55. The van der Waals surface area contributed by atoms with Gasteiger partial charge in [-0.3, -0.25) is 0 Å². The Morgan fingerprint density at radius 3 is 2.40 bits per heavy atom. The monoisotopic (exact) mass is 418 g/mol. The molecule has 1 aromatic carbocycles. The molecule has 30 heavy (non-hydrogen) atoms. The van der Waals surface area contributed by atoms with Crippen LogP contribution < -0.4 is 10.4 Å². The Kier molecular flexibility index (Phi) is 5.44. The summed E-state index contributed by atoms with van der Waals surface area (Å²) in [7, 11) is 0. The maximum absolute atomic E-state index is 13.2. The Morgan fingerprint density at radius 1 is 1.13 bits per heavy atom. The van der Waals surface area contributed by atoms with Gasteiger partial charge in [0.1, 0.15) is 5.82 Å². The van der Waals surface area contributed by atoms with Crippen LogP contribution in [-0.4, -0.2) is 35.4 Å². The van der Waals surface area contributed by atoms with E-state index in [9.17, 15) is 18.3 Å². The molecule has 4 rings (SSSR count). The summed E-state index contributed by atoms with van der Waals surface area (Å²) in [6.07, 6.45) is 3.21. The van der Waals surface area contributed by atoms with Crippen molar-refractivity contribution in [2.45, 2.75) is 43.8 Å². The molecule has 1 saturated carbocycles. The van der Waals surface area contributed by atoms with Crippen molar-refractivity contribution >= 4 is 12.4 Å². The van der Waals surface area contributed by atoms with Crippen molar-refractivity contribution in [1.29, 1.82) is 0 Å². The number of aliphatic hydroxyl groups is 1. The lowest BCUT2D eigenvalue weighted by Crippen LogP contribution is -2.43. The van der Waals surface area contributed by atoms with Crippen molar-refractivity contribution in [2.75, 3.05) is 18.0 Å². The molecule has 0 bridgehead atoms. The average Bonchev–Trinajstić information content (AvgIpc) is 3.34. The first-order valence-corrected chi connectivity index (χ1v) is 10.1. The summed E-state index contributed by atoms with van der Waals surface area (Å²) in [6.45, 7) is 5.09. The van der Waals surface area contributed by atoms with Crippen molar-refractivity contribution in [3.63, 3.8) is 0 Å². The number of rotatable bonds is 6. The molecule has 5 nitrogen and oxygen atoms in total. The summed E-state index contributed by atoms with van der Waals surface area (Å²) in [4.78, 5) is 2.14. The predicted molar refractivity (Wildman–Crippen MR) is 109 cm³/mol. The molecule has 1 unspecified atom stereocenters. The molecule has 0 spiro atoms. The number of benzene rings is 1. The lowest BCUT2D eigenvalue weighted by Gasteiger charge is -2.39. The van der Waals surface area contributed by atoms with Crippen molar-refractivity contribution in [2.24, 2.45) is 16.1 Å². The lowest BCUT2D eigenvalue weighted by molar-refractivity contribution is 0.0117. The first kappa shape index (κ1) is 20.7. The molecule has 160 valence electrons. The van der Waals surface area contributed by atoms with E-state index in [1.54, 1.807) is 12.1 Å². The zero-order valence-electron chi connectivity index (χ0n) is 16.6. The molecule has 2 heterocycles. The number of nitrogens with zero attached hydrogens (tertiary/aromatic N) is 4. The molecule has 1 aliphatic heterocycles. The van der Waals surface area contributed by atoms with Gasteiger partial charge in [0.15, 0.2) is 5.49 Å². The van der Waals surface area contributed by atoms with Crippen molar-refractivity contribution in [3.8, 4) is 0 Å². The second kappa shape index (κ2) is 7.91. The minimum Gasteiger partial charge on any atom is -0.385 e. The highest BCUT2D eigenvalue weighted by atomic mass is 19.3. The van der Waals surface area contributed by atoms with Crippen molar-refractivity contribution < 1.29 is 18.3 Å². The summed E-state index contributed by atoms with van der Waals surface area (Å²) in [5.41, 5.74) is 1.22. The smallest absolute Gasteiger partial charge is 0.251 e. The van der Waals surface area contributed by atoms with Gasteiger partial charge in [-0.15, -0.1) is 5.10 Å². The van der Waals surface area contributed by atoms with Crippen LogP contribution in [0.5, 0.6) is 0 Å². The molecule has 1 N–H and O–H groups in total. The van der Waals surface area contributed by atoms with E-state index in [1.165, 1.54) is 12.1 Å². The number of hydrogen-bond acceptors (Lipinski definition) is 4. The van der Waals surface area contributed by atoms with Crippen LogP contribution in [0.15, 0.2) is 52.8 Å². The Morgan fingerprint density at radius 2 is 1.80 bits per heavy atom. The van der Waals surface area contributed by atoms with Gasteiger partial charge in [-0.1, -0.05) is 12.1 Å². The predicted octanol–water partition coefficient (Wildman–Crippen LogP) is 3.68. The van der Waals surface area contributed by atoms with Crippen LogP contribution >= 0.6 is 0 Å². The summed E-state index contributed by atoms with van der Waals surface area (Å²) in [5, 5.41) is 18.7. The number of piperidine rings is 1. The van der Waals surface area contributed by atoms with E-state index in [4.69, 9.17) is 0 Å². The third-order valence-corrected chi connectivity index (χ3v) is 6.18. The lowest BCUT2D eigenvalue weighted by atomic mass is 9.84. The van der Waals surface area contributed by atoms with Gasteiger partial charge in [0.25, 0.3) is 5.92 Å². The number of alkyl halides is 2. The summed E-state index contributed by atoms with van der Waals surface area (Å²) in [6, 6.07) is 9.78. The highest BCUT2D eigenvalue weighted by molar-refractivity contribution is 5.46. The van der Waals surface area contributed by atoms with Gasteiger partial charge in [-0.2, -0.15) is 5.10 Å². The molecule has 2 fully saturated rings. The topological polar surface area (TPSA) is 53.1 Å². The molecule has 1 saturated heterocycles. The van der Waals surface area contributed by atoms with Gasteiger partial charge in [-0.05, 0) is 43.0 Å². The van der Waals surface area contributed by atoms with Crippen LogP contribution in [0.2, 0.25) is 0 Å². The first-order chi connectivity index (χ1) is 14.3. The number of aromatic nitrogens is 1.